The van der Waals surface area contributed by atoms with Crippen molar-refractivity contribution >= 4 is 44.9 Å². The second kappa shape index (κ2) is 5.15. The van der Waals surface area contributed by atoms with Gasteiger partial charge < -0.3 is 0 Å². The molecule has 0 heterocycles. The Morgan fingerprint density at radius 2 is 2.21 bits per heavy atom. The van der Waals surface area contributed by atoms with Crippen molar-refractivity contribution in [1.82, 2.24) is 0 Å². The molecule has 76 valence electrons. The van der Waals surface area contributed by atoms with Crippen molar-refractivity contribution in [3.63, 3.8) is 0 Å². The summed E-state index contributed by atoms with van der Waals surface area (Å²) >= 11 is 15.1. The second-order valence-corrected chi connectivity index (χ2v) is 4.51. The zero-order valence-electron chi connectivity index (χ0n) is 7.56. The van der Waals surface area contributed by atoms with Crippen LogP contribution in [0.1, 0.15) is 22.9 Å². The third-order valence-electron chi connectivity index (χ3n) is 1.90. The normalized spacial score (nSPS) is 12.6. The van der Waals surface area contributed by atoms with Crippen molar-refractivity contribution < 1.29 is 4.79 Å². The second-order valence-electron chi connectivity index (χ2n) is 2.92. The van der Waals surface area contributed by atoms with E-state index in [1.54, 1.807) is 6.07 Å². The van der Waals surface area contributed by atoms with Gasteiger partial charge in [0.1, 0.15) is 5.78 Å². The summed E-state index contributed by atoms with van der Waals surface area (Å²) in [5.41, 5.74) is 1.66. The predicted molar refractivity (Wildman–Crippen MR) is 63.4 cm³/mol. The maximum Gasteiger partial charge on any atom is 0.147 e. The van der Waals surface area contributed by atoms with E-state index in [1.165, 1.54) is 6.92 Å². The summed E-state index contributed by atoms with van der Waals surface area (Å²) in [6.07, 6.45) is 0. The van der Waals surface area contributed by atoms with Gasteiger partial charge in [-0.15, -0.1) is 11.6 Å². The molecule has 1 aromatic carbocycles. The molecule has 14 heavy (non-hydrogen) atoms. The molecule has 1 nitrogen and oxygen atoms in total. The third-order valence-corrected chi connectivity index (χ3v) is 3.62. The van der Waals surface area contributed by atoms with E-state index in [0.717, 1.165) is 11.1 Å². The first-order valence-electron chi connectivity index (χ1n) is 4.05. The number of carbonyl (C=O) groups excluding carboxylic acids is 1. The minimum Gasteiger partial charge on any atom is -0.298 e. The van der Waals surface area contributed by atoms with Gasteiger partial charge in [-0.1, -0.05) is 39.7 Å². The van der Waals surface area contributed by atoms with E-state index in [0.29, 0.717) is 10.9 Å². The molecular weight excluding hydrogens is 287 g/mol. The summed E-state index contributed by atoms with van der Waals surface area (Å²) in [6, 6.07) is 5.44. The molecule has 0 aliphatic heterocycles. The lowest BCUT2D eigenvalue weighted by Gasteiger charge is -2.12. The predicted octanol–water partition coefficient (Wildman–Crippen LogP) is 4.10. The Hall–Kier alpha value is -0.0500. The summed E-state index contributed by atoms with van der Waals surface area (Å²) in [5.74, 6) is 0.370. The van der Waals surface area contributed by atoms with Gasteiger partial charge in [0.25, 0.3) is 0 Å². The molecule has 0 saturated heterocycles. The number of Topliss-reactive ketones (excluding diaryl/α,β-unsaturated/α-hetero) is 1. The first-order valence-corrected chi connectivity index (χ1v) is 5.88. The van der Waals surface area contributed by atoms with Crippen LogP contribution in [-0.4, -0.2) is 5.78 Å². The van der Waals surface area contributed by atoms with Gasteiger partial charge in [-0.3, -0.25) is 4.79 Å². The smallest absolute Gasteiger partial charge is 0.147 e. The van der Waals surface area contributed by atoms with Gasteiger partial charge in [0.15, 0.2) is 0 Å². The highest BCUT2D eigenvalue weighted by Crippen LogP contribution is 2.33. The molecule has 0 radical (unpaired) electrons. The monoisotopic (exact) mass is 294 g/mol. The molecule has 0 aliphatic carbocycles. The van der Waals surface area contributed by atoms with E-state index in [2.05, 4.69) is 15.9 Å². The van der Waals surface area contributed by atoms with Gasteiger partial charge in [-0.05, 0) is 24.1 Å². The minimum atomic E-state index is -0.370. The lowest BCUT2D eigenvalue weighted by atomic mass is 10.0. The zero-order chi connectivity index (χ0) is 10.7. The highest BCUT2D eigenvalue weighted by Gasteiger charge is 2.18. The van der Waals surface area contributed by atoms with Crippen molar-refractivity contribution in [2.24, 2.45) is 0 Å². The van der Waals surface area contributed by atoms with Crippen molar-refractivity contribution in [3.8, 4) is 0 Å². The van der Waals surface area contributed by atoms with Gasteiger partial charge in [-0.25, -0.2) is 0 Å². The average molecular weight is 296 g/mol. The molecule has 1 atom stereocenters. The highest BCUT2D eigenvalue weighted by atomic mass is 79.9. The topological polar surface area (TPSA) is 17.1 Å². The van der Waals surface area contributed by atoms with Gasteiger partial charge in [-0.2, -0.15) is 0 Å². The first kappa shape index (κ1) is 12.0. The quantitative estimate of drug-likeness (QED) is 0.767. The van der Waals surface area contributed by atoms with Crippen molar-refractivity contribution in [3.05, 3.63) is 34.3 Å². The molecule has 4 heteroatoms. The molecule has 0 spiro atoms. The summed E-state index contributed by atoms with van der Waals surface area (Å²) in [7, 11) is 0. The average Bonchev–Trinajstić information content (AvgIpc) is 2.16. The molecule has 0 aliphatic rings. The molecule has 0 bridgehead atoms. The summed E-state index contributed by atoms with van der Waals surface area (Å²) in [6.45, 7) is 1.51. The van der Waals surface area contributed by atoms with Gasteiger partial charge in [0.2, 0.25) is 0 Å². The van der Waals surface area contributed by atoms with Crippen molar-refractivity contribution in [1.29, 1.82) is 0 Å². The van der Waals surface area contributed by atoms with E-state index in [1.807, 2.05) is 12.1 Å². The maximum absolute atomic E-state index is 11.2. The van der Waals surface area contributed by atoms with Crippen LogP contribution in [0.25, 0.3) is 0 Å². The van der Waals surface area contributed by atoms with Crippen LogP contribution >= 0.6 is 39.1 Å². The van der Waals surface area contributed by atoms with E-state index in [4.69, 9.17) is 23.2 Å². The van der Waals surface area contributed by atoms with Crippen LogP contribution in [0.5, 0.6) is 0 Å². The van der Waals surface area contributed by atoms with E-state index < -0.39 is 0 Å². The Kier molecular flexibility index (Phi) is 4.42. The van der Waals surface area contributed by atoms with Crippen LogP contribution in [0.15, 0.2) is 18.2 Å². The molecule has 0 fully saturated rings. The van der Waals surface area contributed by atoms with Gasteiger partial charge >= 0.3 is 0 Å². The number of ketones is 1. The number of alkyl halides is 2. The molecule has 0 aromatic heterocycles. The molecule has 0 saturated carbocycles. The third kappa shape index (κ3) is 2.50. The van der Waals surface area contributed by atoms with Crippen molar-refractivity contribution in [2.75, 3.05) is 0 Å². The zero-order valence-corrected chi connectivity index (χ0v) is 10.7. The Bertz CT molecular complexity index is 352. The SMILES string of the molecule is CC(=O)C(Br)c1c(Cl)cccc1CCl. The van der Waals surface area contributed by atoms with Crippen LogP contribution in [0.3, 0.4) is 0 Å². The molecule has 1 unspecified atom stereocenters. The largest absolute Gasteiger partial charge is 0.298 e. The Balaban J connectivity index is 3.23. The number of hydrogen-bond acceptors (Lipinski definition) is 1. The van der Waals surface area contributed by atoms with Crippen LogP contribution in [0.2, 0.25) is 5.02 Å². The fourth-order valence-corrected chi connectivity index (χ4v) is 2.39. The summed E-state index contributed by atoms with van der Waals surface area (Å²) < 4.78 is 0. The Labute approximate surface area is 102 Å². The molecule has 1 rings (SSSR count). The first-order chi connectivity index (χ1) is 6.57. The van der Waals surface area contributed by atoms with E-state index >= 15 is 0 Å². The van der Waals surface area contributed by atoms with E-state index in [9.17, 15) is 4.79 Å². The Morgan fingerprint density at radius 1 is 1.57 bits per heavy atom. The van der Waals surface area contributed by atoms with Crippen molar-refractivity contribution in [2.45, 2.75) is 17.6 Å². The van der Waals surface area contributed by atoms with Crippen LogP contribution in [-0.2, 0) is 10.7 Å². The van der Waals surface area contributed by atoms with Crippen LogP contribution in [0.4, 0.5) is 0 Å². The molecule has 0 amide bonds. The number of rotatable bonds is 3. The summed E-state index contributed by atoms with van der Waals surface area (Å²) in [5, 5.41) is 0.570. The summed E-state index contributed by atoms with van der Waals surface area (Å²) in [4.78, 5) is 10.8. The maximum atomic E-state index is 11.2. The van der Waals surface area contributed by atoms with Crippen LogP contribution < -0.4 is 0 Å². The van der Waals surface area contributed by atoms with Crippen LogP contribution in [0, 0.1) is 0 Å². The molecule has 1 aromatic rings. The minimum absolute atomic E-state index is 0.0180. The number of hydrogen-bond donors (Lipinski definition) is 0. The standard InChI is InChI=1S/C10H9BrCl2O/c1-6(14)10(11)9-7(5-12)3-2-4-8(9)13/h2-4,10H,5H2,1H3. The Morgan fingerprint density at radius 3 is 2.71 bits per heavy atom. The van der Waals surface area contributed by atoms with Gasteiger partial charge in [0, 0.05) is 10.9 Å². The molecular formula is C10H9BrCl2O. The van der Waals surface area contributed by atoms with E-state index in [-0.39, 0.29) is 10.6 Å². The number of carbonyl (C=O) groups is 1. The lowest BCUT2D eigenvalue weighted by molar-refractivity contribution is -0.116. The number of benzene rings is 1. The van der Waals surface area contributed by atoms with Gasteiger partial charge in [0.05, 0.1) is 4.83 Å². The fraction of sp³-hybridized carbons (Fsp3) is 0.300. The molecule has 0 N–H and O–H groups in total. The highest BCUT2D eigenvalue weighted by molar-refractivity contribution is 9.09. The number of halogens is 3. The lowest BCUT2D eigenvalue weighted by Crippen LogP contribution is -2.04. The fourth-order valence-electron chi connectivity index (χ4n) is 1.19.